The van der Waals surface area contributed by atoms with Gasteiger partial charge in [-0.2, -0.15) is 0 Å². The number of alkyl halides is 1. The normalized spacial score (nSPS) is 11.9. The molecule has 0 saturated carbocycles. The van der Waals surface area contributed by atoms with Gasteiger partial charge in [0.05, 0.1) is 0 Å². The SMILES string of the molecule is CC(O)C#CCCCCBr. The zero-order valence-electron chi connectivity index (χ0n) is 6.23. The molecule has 0 rings (SSSR count). The molecule has 0 aliphatic heterocycles. The Kier molecular flexibility index (Phi) is 7.11. The Morgan fingerprint density at radius 3 is 2.70 bits per heavy atom. The Morgan fingerprint density at radius 2 is 2.20 bits per heavy atom. The van der Waals surface area contributed by atoms with Gasteiger partial charge >= 0.3 is 0 Å². The summed E-state index contributed by atoms with van der Waals surface area (Å²) in [6.07, 6.45) is 2.71. The first-order valence-corrected chi connectivity index (χ1v) is 4.62. The molecule has 0 bridgehead atoms. The van der Waals surface area contributed by atoms with E-state index in [2.05, 4.69) is 27.8 Å². The predicted octanol–water partition coefficient (Wildman–Crippen LogP) is 1.94. The molecule has 0 spiro atoms. The van der Waals surface area contributed by atoms with Crippen LogP contribution in [-0.2, 0) is 0 Å². The summed E-state index contributed by atoms with van der Waals surface area (Å²) in [5.74, 6) is 5.59. The van der Waals surface area contributed by atoms with Gasteiger partial charge in [0.1, 0.15) is 6.10 Å². The molecular formula is C8H13BrO. The standard InChI is InChI=1S/C8H13BrO/c1-8(10)6-4-2-3-5-7-9/h8,10H,2-3,5,7H2,1H3. The second-order valence-electron chi connectivity index (χ2n) is 2.14. The highest BCUT2D eigenvalue weighted by Crippen LogP contribution is 1.96. The summed E-state index contributed by atoms with van der Waals surface area (Å²) in [5.41, 5.74) is 0. The zero-order chi connectivity index (χ0) is 7.82. The lowest BCUT2D eigenvalue weighted by Crippen LogP contribution is -1.92. The summed E-state index contributed by atoms with van der Waals surface area (Å²) in [6, 6.07) is 0. The number of hydrogen-bond acceptors (Lipinski definition) is 1. The van der Waals surface area contributed by atoms with Gasteiger partial charge in [-0.1, -0.05) is 21.9 Å². The molecule has 1 N–H and O–H groups in total. The van der Waals surface area contributed by atoms with Crippen LogP contribution in [0.4, 0.5) is 0 Å². The Balaban J connectivity index is 3.12. The molecule has 0 aliphatic rings. The average molecular weight is 205 g/mol. The van der Waals surface area contributed by atoms with Crippen molar-refractivity contribution in [2.24, 2.45) is 0 Å². The minimum absolute atomic E-state index is 0.469. The van der Waals surface area contributed by atoms with E-state index in [1.165, 1.54) is 0 Å². The summed E-state index contributed by atoms with van der Waals surface area (Å²) >= 11 is 3.33. The van der Waals surface area contributed by atoms with Crippen LogP contribution >= 0.6 is 15.9 Å². The molecule has 58 valence electrons. The molecule has 0 radical (unpaired) electrons. The Labute approximate surface area is 71.0 Å². The second-order valence-corrected chi connectivity index (χ2v) is 2.94. The van der Waals surface area contributed by atoms with E-state index in [9.17, 15) is 0 Å². The van der Waals surface area contributed by atoms with E-state index in [0.717, 1.165) is 24.6 Å². The van der Waals surface area contributed by atoms with E-state index in [1.54, 1.807) is 6.92 Å². The molecule has 1 nitrogen and oxygen atoms in total. The maximum absolute atomic E-state index is 8.73. The monoisotopic (exact) mass is 204 g/mol. The minimum atomic E-state index is -0.469. The Hall–Kier alpha value is 0. The van der Waals surface area contributed by atoms with Gasteiger partial charge in [-0.3, -0.25) is 0 Å². The molecule has 2 heteroatoms. The number of unbranched alkanes of at least 4 members (excludes halogenated alkanes) is 2. The van der Waals surface area contributed by atoms with Gasteiger partial charge in [0.25, 0.3) is 0 Å². The number of aliphatic hydroxyl groups excluding tert-OH is 1. The summed E-state index contributed by atoms with van der Waals surface area (Å²) in [6.45, 7) is 1.68. The molecule has 0 aliphatic carbocycles. The lowest BCUT2D eigenvalue weighted by atomic mass is 10.2. The molecule has 1 unspecified atom stereocenters. The van der Waals surface area contributed by atoms with Crippen LogP contribution in [0.5, 0.6) is 0 Å². The molecule has 0 amide bonds. The maximum Gasteiger partial charge on any atom is 0.111 e. The van der Waals surface area contributed by atoms with Gasteiger partial charge in [-0.25, -0.2) is 0 Å². The molecule has 10 heavy (non-hydrogen) atoms. The minimum Gasteiger partial charge on any atom is -0.381 e. The van der Waals surface area contributed by atoms with Crippen molar-refractivity contribution in [1.82, 2.24) is 0 Å². The first-order chi connectivity index (χ1) is 4.77. The van der Waals surface area contributed by atoms with Crippen molar-refractivity contribution < 1.29 is 5.11 Å². The number of rotatable bonds is 3. The van der Waals surface area contributed by atoms with Crippen LogP contribution in [0.3, 0.4) is 0 Å². The average Bonchev–Trinajstić information content (AvgIpc) is 1.87. The molecule has 0 heterocycles. The maximum atomic E-state index is 8.73. The number of hydrogen-bond donors (Lipinski definition) is 1. The van der Waals surface area contributed by atoms with Gasteiger partial charge in [0, 0.05) is 11.8 Å². The van der Waals surface area contributed by atoms with Crippen molar-refractivity contribution in [1.29, 1.82) is 0 Å². The highest BCUT2D eigenvalue weighted by atomic mass is 79.9. The fraction of sp³-hybridized carbons (Fsp3) is 0.750. The fourth-order valence-corrected chi connectivity index (χ4v) is 0.924. The molecule has 0 aromatic heterocycles. The van der Waals surface area contributed by atoms with Crippen LogP contribution in [-0.4, -0.2) is 16.5 Å². The van der Waals surface area contributed by atoms with E-state index in [1.807, 2.05) is 0 Å². The van der Waals surface area contributed by atoms with Crippen molar-refractivity contribution in [3.8, 4) is 11.8 Å². The first-order valence-electron chi connectivity index (χ1n) is 3.50. The van der Waals surface area contributed by atoms with Crippen molar-refractivity contribution in [3.05, 3.63) is 0 Å². The van der Waals surface area contributed by atoms with Gasteiger partial charge in [0.15, 0.2) is 0 Å². The van der Waals surface area contributed by atoms with Gasteiger partial charge < -0.3 is 5.11 Å². The molecule has 1 atom stereocenters. The number of aliphatic hydroxyl groups is 1. The third-order valence-corrected chi connectivity index (χ3v) is 1.56. The molecule has 0 aromatic rings. The smallest absolute Gasteiger partial charge is 0.111 e. The lowest BCUT2D eigenvalue weighted by Gasteiger charge is -1.89. The van der Waals surface area contributed by atoms with E-state index in [-0.39, 0.29) is 0 Å². The Morgan fingerprint density at radius 1 is 1.50 bits per heavy atom. The van der Waals surface area contributed by atoms with Crippen molar-refractivity contribution in [3.63, 3.8) is 0 Å². The quantitative estimate of drug-likeness (QED) is 0.424. The summed E-state index contributed by atoms with van der Waals surface area (Å²) in [7, 11) is 0. The molecule has 0 aromatic carbocycles. The van der Waals surface area contributed by atoms with Gasteiger partial charge in [0.2, 0.25) is 0 Å². The summed E-state index contributed by atoms with van der Waals surface area (Å²) in [4.78, 5) is 0. The third kappa shape index (κ3) is 8.00. The summed E-state index contributed by atoms with van der Waals surface area (Å²) < 4.78 is 0. The van der Waals surface area contributed by atoms with E-state index in [4.69, 9.17) is 5.11 Å². The topological polar surface area (TPSA) is 20.2 Å². The first kappa shape index (κ1) is 10.0. The molecule has 0 saturated heterocycles. The van der Waals surface area contributed by atoms with Crippen LogP contribution < -0.4 is 0 Å². The zero-order valence-corrected chi connectivity index (χ0v) is 7.82. The highest BCUT2D eigenvalue weighted by Gasteiger charge is 1.83. The largest absolute Gasteiger partial charge is 0.381 e. The predicted molar refractivity (Wildman–Crippen MR) is 47.1 cm³/mol. The highest BCUT2D eigenvalue weighted by molar-refractivity contribution is 9.09. The Bertz CT molecular complexity index is 121. The number of halogens is 1. The van der Waals surface area contributed by atoms with E-state index < -0.39 is 6.10 Å². The molecule has 0 fully saturated rings. The van der Waals surface area contributed by atoms with Crippen LogP contribution in [0.15, 0.2) is 0 Å². The van der Waals surface area contributed by atoms with Crippen LogP contribution in [0.1, 0.15) is 26.2 Å². The summed E-state index contributed by atoms with van der Waals surface area (Å²) in [5, 5.41) is 9.77. The van der Waals surface area contributed by atoms with E-state index in [0.29, 0.717) is 0 Å². The van der Waals surface area contributed by atoms with Gasteiger partial charge in [-0.05, 0) is 19.8 Å². The van der Waals surface area contributed by atoms with Crippen molar-refractivity contribution in [2.45, 2.75) is 32.3 Å². The fourth-order valence-electron chi connectivity index (χ4n) is 0.528. The van der Waals surface area contributed by atoms with Gasteiger partial charge in [-0.15, -0.1) is 5.92 Å². The van der Waals surface area contributed by atoms with E-state index >= 15 is 0 Å². The lowest BCUT2D eigenvalue weighted by molar-refractivity contribution is 0.253. The van der Waals surface area contributed by atoms with Crippen LogP contribution in [0.25, 0.3) is 0 Å². The second kappa shape index (κ2) is 7.11. The van der Waals surface area contributed by atoms with Crippen LogP contribution in [0.2, 0.25) is 0 Å². The molecular weight excluding hydrogens is 192 g/mol. The van der Waals surface area contributed by atoms with Crippen LogP contribution in [0, 0.1) is 11.8 Å². The third-order valence-electron chi connectivity index (χ3n) is 0.996. The van der Waals surface area contributed by atoms with Crippen molar-refractivity contribution >= 4 is 15.9 Å². The van der Waals surface area contributed by atoms with Crippen molar-refractivity contribution in [2.75, 3.05) is 5.33 Å².